The fourth-order valence-electron chi connectivity index (χ4n) is 2.28. The number of nitrogens with one attached hydrogen (secondary N) is 2. The summed E-state index contributed by atoms with van der Waals surface area (Å²) in [6.45, 7) is 0. The van der Waals surface area contributed by atoms with Crippen molar-refractivity contribution in [2.45, 2.75) is 6.42 Å². The first-order valence-corrected chi connectivity index (χ1v) is 6.52. The Hall–Kier alpha value is -3.16. The van der Waals surface area contributed by atoms with Gasteiger partial charge in [-0.15, -0.1) is 4.91 Å². The molecule has 1 aromatic rings. The van der Waals surface area contributed by atoms with Gasteiger partial charge in [-0.2, -0.15) is 0 Å². The van der Waals surface area contributed by atoms with E-state index in [1.807, 2.05) is 0 Å². The Labute approximate surface area is 125 Å². The van der Waals surface area contributed by atoms with Gasteiger partial charge in [0.1, 0.15) is 17.3 Å². The fraction of sp³-hybridized carbons (Fsp3) is 0.0714. The van der Waals surface area contributed by atoms with Gasteiger partial charge < -0.3 is 21.3 Å². The summed E-state index contributed by atoms with van der Waals surface area (Å²) in [7, 11) is 0. The zero-order chi connectivity index (χ0) is 15.5. The molecule has 2 aliphatic rings. The van der Waals surface area contributed by atoms with Crippen LogP contribution in [0.3, 0.4) is 0 Å². The molecule has 2 heterocycles. The third-order valence-electron chi connectivity index (χ3n) is 3.30. The van der Waals surface area contributed by atoms with Crippen LogP contribution in [0.5, 0.6) is 0 Å². The molecule has 22 heavy (non-hydrogen) atoms. The minimum absolute atomic E-state index is 0.0413. The summed E-state index contributed by atoms with van der Waals surface area (Å²) in [5.74, 6) is 0.432. The van der Waals surface area contributed by atoms with E-state index < -0.39 is 0 Å². The molecule has 0 radical (unpaired) electrons. The van der Waals surface area contributed by atoms with Gasteiger partial charge in [0.05, 0.1) is 11.0 Å². The fourth-order valence-corrected chi connectivity index (χ4v) is 2.28. The SMILES string of the molecule is NC(=NN=O)C1=CN2C=CNC2=C(Cc2ccccc2F)N1. The van der Waals surface area contributed by atoms with Crippen LogP contribution in [-0.2, 0) is 6.42 Å². The molecule has 0 aromatic heterocycles. The second kappa shape index (κ2) is 5.68. The van der Waals surface area contributed by atoms with Gasteiger partial charge in [-0.25, -0.2) is 4.39 Å². The standard InChI is InChI=1S/C14H13FN6O/c15-10-4-2-1-3-9(10)7-11-14-17-5-6-21(14)8-12(18-11)13(16)19-20-22/h1-6,8,17-18H,7H2,(H2,16,19,22). The van der Waals surface area contributed by atoms with Gasteiger partial charge in [0, 0.05) is 25.0 Å². The number of nitrogens with zero attached hydrogens (tertiary/aromatic N) is 3. The average Bonchev–Trinajstić information content (AvgIpc) is 2.98. The molecule has 0 atom stereocenters. The summed E-state index contributed by atoms with van der Waals surface area (Å²) < 4.78 is 13.8. The van der Waals surface area contributed by atoms with E-state index in [0.717, 1.165) is 5.82 Å². The molecular weight excluding hydrogens is 287 g/mol. The van der Waals surface area contributed by atoms with Gasteiger partial charge in [0.15, 0.2) is 5.84 Å². The lowest BCUT2D eigenvalue weighted by Gasteiger charge is -2.26. The molecule has 0 saturated carbocycles. The monoisotopic (exact) mass is 300 g/mol. The lowest BCUT2D eigenvalue weighted by Crippen LogP contribution is -2.36. The van der Waals surface area contributed by atoms with Crippen molar-refractivity contribution in [2.24, 2.45) is 16.1 Å². The van der Waals surface area contributed by atoms with Crippen molar-refractivity contribution < 1.29 is 4.39 Å². The number of allylic oxidation sites excluding steroid dienone is 1. The highest BCUT2D eigenvalue weighted by Gasteiger charge is 2.23. The molecule has 112 valence electrons. The lowest BCUT2D eigenvalue weighted by molar-refractivity contribution is 0.565. The van der Waals surface area contributed by atoms with Crippen LogP contribution >= 0.6 is 0 Å². The Morgan fingerprint density at radius 2 is 2.18 bits per heavy atom. The van der Waals surface area contributed by atoms with Gasteiger partial charge in [-0.3, -0.25) is 0 Å². The number of amidine groups is 1. The van der Waals surface area contributed by atoms with Crippen molar-refractivity contribution in [2.75, 3.05) is 0 Å². The van der Waals surface area contributed by atoms with Crippen LogP contribution in [-0.4, -0.2) is 10.7 Å². The quantitative estimate of drug-likeness (QED) is 0.338. The van der Waals surface area contributed by atoms with E-state index in [2.05, 4.69) is 21.0 Å². The number of halogens is 1. The molecule has 0 bridgehead atoms. The molecule has 1 aromatic carbocycles. The van der Waals surface area contributed by atoms with E-state index in [9.17, 15) is 9.30 Å². The zero-order valence-corrected chi connectivity index (χ0v) is 11.5. The van der Waals surface area contributed by atoms with E-state index in [4.69, 9.17) is 5.73 Å². The van der Waals surface area contributed by atoms with Gasteiger partial charge in [0.2, 0.25) is 0 Å². The summed E-state index contributed by atoms with van der Waals surface area (Å²) in [4.78, 5) is 12.0. The number of rotatable bonds is 4. The molecule has 0 aliphatic carbocycles. The van der Waals surface area contributed by atoms with Crippen molar-refractivity contribution in [3.63, 3.8) is 0 Å². The van der Waals surface area contributed by atoms with Crippen molar-refractivity contribution in [3.8, 4) is 0 Å². The van der Waals surface area contributed by atoms with E-state index in [0.29, 0.717) is 23.4 Å². The topological polar surface area (TPSA) is 95.1 Å². The summed E-state index contributed by atoms with van der Waals surface area (Å²) in [6, 6.07) is 6.52. The van der Waals surface area contributed by atoms with E-state index in [-0.39, 0.29) is 11.7 Å². The third kappa shape index (κ3) is 2.53. The minimum Gasteiger partial charge on any atom is -0.380 e. The molecule has 4 N–H and O–H groups in total. The normalized spacial score (nSPS) is 16.9. The number of hydrogen-bond donors (Lipinski definition) is 3. The first kappa shape index (κ1) is 13.8. The van der Waals surface area contributed by atoms with Crippen molar-refractivity contribution >= 4 is 5.84 Å². The highest BCUT2D eigenvalue weighted by Crippen LogP contribution is 2.23. The molecule has 0 fully saturated rings. The minimum atomic E-state index is -0.290. The largest absolute Gasteiger partial charge is 0.380 e. The Balaban J connectivity index is 1.92. The second-order valence-corrected chi connectivity index (χ2v) is 4.70. The maximum absolute atomic E-state index is 13.8. The summed E-state index contributed by atoms with van der Waals surface area (Å²) in [6.07, 6.45) is 5.51. The molecular formula is C14H13FN6O. The van der Waals surface area contributed by atoms with Crippen LogP contribution in [0.1, 0.15) is 5.56 Å². The van der Waals surface area contributed by atoms with Crippen molar-refractivity contribution in [1.29, 1.82) is 0 Å². The number of nitroso groups, excluding NO2 is 1. The van der Waals surface area contributed by atoms with Crippen LogP contribution in [0.15, 0.2) is 70.5 Å². The van der Waals surface area contributed by atoms with Crippen molar-refractivity contribution in [3.05, 3.63) is 76.4 Å². The Morgan fingerprint density at radius 3 is 2.95 bits per heavy atom. The van der Waals surface area contributed by atoms with Gasteiger partial charge >= 0.3 is 0 Å². The predicted molar refractivity (Wildman–Crippen MR) is 79.9 cm³/mol. The van der Waals surface area contributed by atoms with Gasteiger partial charge in [0.25, 0.3) is 0 Å². The van der Waals surface area contributed by atoms with Crippen LogP contribution in [0.25, 0.3) is 0 Å². The highest BCUT2D eigenvalue weighted by atomic mass is 19.1. The zero-order valence-electron chi connectivity index (χ0n) is 11.5. The molecule has 0 saturated heterocycles. The highest BCUT2D eigenvalue weighted by molar-refractivity contribution is 5.96. The van der Waals surface area contributed by atoms with E-state index in [1.54, 1.807) is 41.7 Å². The molecule has 2 aliphatic heterocycles. The van der Waals surface area contributed by atoms with E-state index >= 15 is 0 Å². The second-order valence-electron chi connectivity index (χ2n) is 4.70. The molecule has 0 unspecified atom stereocenters. The first-order chi connectivity index (χ1) is 10.7. The molecule has 7 nitrogen and oxygen atoms in total. The average molecular weight is 300 g/mol. The molecule has 3 rings (SSSR count). The molecule has 0 spiro atoms. The predicted octanol–water partition coefficient (Wildman–Crippen LogP) is 1.40. The van der Waals surface area contributed by atoms with Crippen LogP contribution in [0.4, 0.5) is 4.39 Å². The molecule has 8 heteroatoms. The van der Waals surface area contributed by atoms with Gasteiger partial charge in [-0.1, -0.05) is 23.3 Å². The Bertz CT molecular complexity index is 737. The first-order valence-electron chi connectivity index (χ1n) is 6.52. The van der Waals surface area contributed by atoms with Crippen LogP contribution < -0.4 is 16.4 Å². The number of nitrogens with two attached hydrogens (primary N) is 1. The number of hydrogen-bond acceptors (Lipinski definition) is 5. The maximum atomic E-state index is 13.8. The Morgan fingerprint density at radius 1 is 1.36 bits per heavy atom. The smallest absolute Gasteiger partial charge is 0.174 e. The summed E-state index contributed by atoms with van der Waals surface area (Å²) >= 11 is 0. The number of fused-ring (bicyclic) bond motifs is 1. The van der Waals surface area contributed by atoms with Crippen molar-refractivity contribution in [1.82, 2.24) is 15.5 Å². The Kier molecular flexibility index (Phi) is 3.57. The molecule has 0 amide bonds. The summed E-state index contributed by atoms with van der Waals surface area (Å²) in [5.41, 5.74) is 7.35. The third-order valence-corrected chi connectivity index (χ3v) is 3.30. The maximum Gasteiger partial charge on any atom is 0.174 e. The lowest BCUT2D eigenvalue weighted by atomic mass is 10.1. The van der Waals surface area contributed by atoms with E-state index in [1.165, 1.54) is 6.07 Å². The number of benzene rings is 1. The van der Waals surface area contributed by atoms with Crippen LogP contribution in [0, 0.1) is 10.7 Å². The van der Waals surface area contributed by atoms with Crippen LogP contribution in [0.2, 0.25) is 0 Å². The van der Waals surface area contributed by atoms with Gasteiger partial charge in [-0.05, 0) is 11.6 Å². The summed E-state index contributed by atoms with van der Waals surface area (Å²) in [5, 5.41) is 11.8.